The normalized spacial score (nSPS) is 15.1. The van der Waals surface area contributed by atoms with Crippen LogP contribution in [0.4, 0.5) is 5.00 Å². The van der Waals surface area contributed by atoms with Crippen LogP contribution in [0.2, 0.25) is 0 Å². The minimum Gasteiger partial charge on any atom is -0.497 e. The van der Waals surface area contributed by atoms with E-state index in [-0.39, 0.29) is 23.4 Å². The first-order chi connectivity index (χ1) is 12.8. The maximum absolute atomic E-state index is 12.9. The van der Waals surface area contributed by atoms with Crippen LogP contribution in [0.3, 0.4) is 0 Å². The van der Waals surface area contributed by atoms with Gasteiger partial charge in [0.2, 0.25) is 0 Å². The number of carboxylic acid groups (broad SMARTS) is 1. The van der Waals surface area contributed by atoms with Crippen LogP contribution in [-0.2, 0) is 19.4 Å². The van der Waals surface area contributed by atoms with E-state index in [1.165, 1.54) is 18.4 Å². The Balaban J connectivity index is 1.98. The second-order valence-corrected chi connectivity index (χ2v) is 8.64. The Hall–Kier alpha value is -2.38. The number of thiophene rings is 1. The number of hydrogen-bond acceptors (Lipinski definition) is 5. The Labute approximate surface area is 162 Å². The predicted molar refractivity (Wildman–Crippen MR) is 106 cm³/mol. The standard InChI is InChI=1S/C20H24N2O4S/c1-20(2)7-6-15-14(9-20)16(19(24)25)18(27-15)22-17(23)13-8-12(26-3)5-4-11(13)10-21/h4-5,8H,6-7,9-10,21H2,1-3H3,(H,22,23)(H,24,25). The van der Waals surface area contributed by atoms with Crippen molar-refractivity contribution < 1.29 is 19.4 Å². The molecule has 0 atom stereocenters. The molecule has 7 heteroatoms. The Morgan fingerprint density at radius 3 is 2.74 bits per heavy atom. The van der Waals surface area contributed by atoms with Crippen LogP contribution in [0.5, 0.6) is 5.75 Å². The minimum absolute atomic E-state index is 0.0546. The van der Waals surface area contributed by atoms with Crippen molar-refractivity contribution >= 4 is 28.2 Å². The van der Waals surface area contributed by atoms with Gasteiger partial charge in [-0.25, -0.2) is 4.79 Å². The number of carboxylic acids is 1. The van der Waals surface area contributed by atoms with E-state index in [0.29, 0.717) is 28.3 Å². The van der Waals surface area contributed by atoms with Crippen LogP contribution >= 0.6 is 11.3 Å². The lowest BCUT2D eigenvalue weighted by Gasteiger charge is -2.29. The summed E-state index contributed by atoms with van der Waals surface area (Å²) in [6.07, 6.45) is 2.53. The van der Waals surface area contributed by atoms with Crippen LogP contribution < -0.4 is 15.8 Å². The van der Waals surface area contributed by atoms with E-state index in [1.807, 2.05) is 0 Å². The highest BCUT2D eigenvalue weighted by Gasteiger charge is 2.33. The molecule has 2 aromatic rings. The highest BCUT2D eigenvalue weighted by atomic mass is 32.1. The number of hydrogen-bond donors (Lipinski definition) is 3. The molecule has 1 aliphatic carbocycles. The largest absolute Gasteiger partial charge is 0.497 e. The van der Waals surface area contributed by atoms with Gasteiger partial charge in [-0.15, -0.1) is 11.3 Å². The first kappa shape index (κ1) is 19.4. The van der Waals surface area contributed by atoms with Gasteiger partial charge < -0.3 is 20.9 Å². The zero-order chi connectivity index (χ0) is 19.8. The molecule has 1 aromatic carbocycles. The average molecular weight is 388 g/mol. The van der Waals surface area contributed by atoms with Crippen molar-refractivity contribution in [1.82, 2.24) is 0 Å². The molecule has 6 nitrogen and oxygen atoms in total. The molecule has 1 aliphatic rings. The molecule has 1 heterocycles. The van der Waals surface area contributed by atoms with E-state index in [9.17, 15) is 14.7 Å². The maximum atomic E-state index is 12.9. The van der Waals surface area contributed by atoms with Crippen LogP contribution in [-0.4, -0.2) is 24.1 Å². The number of ether oxygens (including phenoxy) is 1. The summed E-state index contributed by atoms with van der Waals surface area (Å²) in [5.41, 5.74) is 7.93. The molecule has 0 spiro atoms. The fourth-order valence-electron chi connectivity index (χ4n) is 3.48. The van der Waals surface area contributed by atoms with Gasteiger partial charge in [0.05, 0.1) is 12.7 Å². The summed E-state index contributed by atoms with van der Waals surface area (Å²) in [7, 11) is 1.52. The van der Waals surface area contributed by atoms with Crippen molar-refractivity contribution in [2.75, 3.05) is 12.4 Å². The smallest absolute Gasteiger partial charge is 0.339 e. The Kier molecular flexibility index (Phi) is 5.26. The third kappa shape index (κ3) is 3.84. The second kappa shape index (κ2) is 7.32. The molecule has 0 saturated carbocycles. The number of carbonyl (C=O) groups excluding carboxylic acids is 1. The van der Waals surface area contributed by atoms with Gasteiger partial charge in [-0.3, -0.25) is 4.79 Å². The minimum atomic E-state index is -1.01. The molecule has 144 valence electrons. The molecular formula is C20H24N2O4S. The number of nitrogens with two attached hydrogens (primary N) is 1. The van der Waals surface area contributed by atoms with Crippen molar-refractivity contribution in [2.24, 2.45) is 11.1 Å². The molecule has 27 heavy (non-hydrogen) atoms. The summed E-state index contributed by atoms with van der Waals surface area (Å²) >= 11 is 1.36. The lowest BCUT2D eigenvalue weighted by atomic mass is 9.76. The monoisotopic (exact) mass is 388 g/mol. The van der Waals surface area contributed by atoms with Gasteiger partial charge in [-0.1, -0.05) is 19.9 Å². The summed E-state index contributed by atoms with van der Waals surface area (Å²) in [6, 6.07) is 5.11. The number of benzene rings is 1. The van der Waals surface area contributed by atoms with Gasteiger partial charge in [-0.05, 0) is 47.9 Å². The average Bonchev–Trinajstić information content (AvgIpc) is 2.96. The van der Waals surface area contributed by atoms with Crippen LogP contribution in [0, 0.1) is 5.41 Å². The number of aryl methyl sites for hydroxylation is 1. The van der Waals surface area contributed by atoms with Gasteiger partial charge in [0.15, 0.2) is 0 Å². The van der Waals surface area contributed by atoms with Crippen LogP contribution in [0.1, 0.15) is 57.0 Å². The molecule has 0 radical (unpaired) electrons. The number of amides is 1. The number of methoxy groups -OCH3 is 1. The SMILES string of the molecule is COc1ccc(CN)c(C(=O)Nc2sc3c(c2C(=O)O)CC(C)(C)CC3)c1. The third-order valence-electron chi connectivity index (χ3n) is 5.00. The lowest BCUT2D eigenvalue weighted by Crippen LogP contribution is -2.22. The molecule has 0 fully saturated rings. The van der Waals surface area contributed by atoms with Gasteiger partial charge in [0, 0.05) is 17.0 Å². The first-order valence-electron chi connectivity index (χ1n) is 8.82. The number of carbonyl (C=O) groups is 2. The quantitative estimate of drug-likeness (QED) is 0.725. The zero-order valence-electron chi connectivity index (χ0n) is 15.7. The molecule has 1 aromatic heterocycles. The summed E-state index contributed by atoms with van der Waals surface area (Å²) in [5, 5.41) is 13.0. The predicted octanol–water partition coefficient (Wildman–Crippen LogP) is 3.68. The Bertz CT molecular complexity index is 902. The topological polar surface area (TPSA) is 102 Å². The van der Waals surface area contributed by atoms with Crippen molar-refractivity contribution in [2.45, 2.75) is 39.7 Å². The van der Waals surface area contributed by atoms with Gasteiger partial charge in [0.1, 0.15) is 10.8 Å². The van der Waals surface area contributed by atoms with E-state index in [0.717, 1.165) is 23.3 Å². The Morgan fingerprint density at radius 1 is 1.37 bits per heavy atom. The summed E-state index contributed by atoms with van der Waals surface area (Å²) < 4.78 is 5.19. The lowest BCUT2D eigenvalue weighted by molar-refractivity contribution is 0.0696. The van der Waals surface area contributed by atoms with E-state index in [4.69, 9.17) is 10.5 Å². The number of rotatable bonds is 5. The number of fused-ring (bicyclic) bond motifs is 1. The second-order valence-electron chi connectivity index (χ2n) is 7.54. The van der Waals surface area contributed by atoms with E-state index < -0.39 is 5.97 Å². The van der Waals surface area contributed by atoms with E-state index >= 15 is 0 Å². The molecular weight excluding hydrogens is 364 g/mol. The highest BCUT2D eigenvalue weighted by molar-refractivity contribution is 7.17. The third-order valence-corrected chi connectivity index (χ3v) is 6.20. The van der Waals surface area contributed by atoms with Crippen molar-refractivity contribution in [3.63, 3.8) is 0 Å². The van der Waals surface area contributed by atoms with Gasteiger partial charge >= 0.3 is 5.97 Å². The molecule has 0 aliphatic heterocycles. The molecule has 1 amide bonds. The fourth-order valence-corrected chi connectivity index (χ4v) is 4.68. The summed E-state index contributed by atoms with van der Waals surface area (Å²) in [4.78, 5) is 25.8. The maximum Gasteiger partial charge on any atom is 0.339 e. The highest BCUT2D eigenvalue weighted by Crippen LogP contribution is 2.44. The zero-order valence-corrected chi connectivity index (χ0v) is 16.5. The molecule has 0 saturated heterocycles. The molecule has 0 unspecified atom stereocenters. The van der Waals surface area contributed by atoms with Gasteiger partial charge in [-0.2, -0.15) is 0 Å². The van der Waals surface area contributed by atoms with Crippen molar-refractivity contribution in [3.05, 3.63) is 45.3 Å². The van der Waals surface area contributed by atoms with E-state index in [1.54, 1.807) is 18.2 Å². The Morgan fingerprint density at radius 2 is 2.11 bits per heavy atom. The van der Waals surface area contributed by atoms with Crippen molar-refractivity contribution in [1.29, 1.82) is 0 Å². The van der Waals surface area contributed by atoms with Crippen molar-refractivity contribution in [3.8, 4) is 5.75 Å². The molecule has 3 rings (SSSR count). The van der Waals surface area contributed by atoms with Crippen LogP contribution in [0.15, 0.2) is 18.2 Å². The van der Waals surface area contributed by atoms with Crippen LogP contribution in [0.25, 0.3) is 0 Å². The van der Waals surface area contributed by atoms with E-state index in [2.05, 4.69) is 19.2 Å². The number of anilines is 1. The fraction of sp³-hybridized carbons (Fsp3) is 0.400. The summed E-state index contributed by atoms with van der Waals surface area (Å²) in [5.74, 6) is -0.845. The molecule has 4 N–H and O–H groups in total. The number of aromatic carboxylic acids is 1. The number of nitrogens with one attached hydrogen (secondary N) is 1. The van der Waals surface area contributed by atoms with Gasteiger partial charge in [0.25, 0.3) is 5.91 Å². The first-order valence-corrected chi connectivity index (χ1v) is 9.63. The summed E-state index contributed by atoms with van der Waals surface area (Å²) in [6.45, 7) is 4.48. The molecule has 0 bridgehead atoms.